The normalized spacial score (nSPS) is 33.5. The molecule has 0 heterocycles. The van der Waals surface area contributed by atoms with Gasteiger partial charge < -0.3 is 5.32 Å². The van der Waals surface area contributed by atoms with Crippen molar-refractivity contribution < 1.29 is 0 Å². The molecule has 0 aliphatic heterocycles. The highest BCUT2D eigenvalue weighted by Crippen LogP contribution is 2.49. The number of halogens is 1. The van der Waals surface area contributed by atoms with Crippen LogP contribution in [0.15, 0.2) is 24.3 Å². The molecule has 1 aromatic carbocycles. The van der Waals surface area contributed by atoms with Crippen LogP contribution in [0, 0.1) is 11.8 Å². The van der Waals surface area contributed by atoms with Gasteiger partial charge in [-0.1, -0.05) is 44.0 Å². The molecule has 0 amide bonds. The molecule has 1 aliphatic carbocycles. The summed E-state index contributed by atoms with van der Waals surface area (Å²) in [5.74, 6) is 2.18. The molecule has 2 rings (SSSR count). The van der Waals surface area contributed by atoms with Crippen molar-refractivity contribution in [2.75, 3.05) is 7.05 Å². The molecule has 1 N–H and O–H groups in total. The molecule has 1 aromatic rings. The first kappa shape index (κ1) is 11.9. The van der Waals surface area contributed by atoms with Crippen molar-refractivity contribution in [3.05, 3.63) is 34.9 Å². The highest BCUT2D eigenvalue weighted by Gasteiger charge is 2.46. The second-order valence-corrected chi connectivity index (χ2v) is 5.26. The molecule has 0 aromatic heterocycles. The van der Waals surface area contributed by atoms with Crippen LogP contribution in [-0.2, 0) is 0 Å². The van der Waals surface area contributed by atoms with Crippen molar-refractivity contribution in [2.45, 2.75) is 32.2 Å². The minimum atomic E-state index is 0.672. The highest BCUT2D eigenvalue weighted by atomic mass is 35.5. The van der Waals surface area contributed by atoms with Crippen molar-refractivity contribution in [3.63, 3.8) is 0 Å². The summed E-state index contributed by atoms with van der Waals surface area (Å²) >= 11 is 5.93. The van der Waals surface area contributed by atoms with Crippen LogP contribution in [-0.4, -0.2) is 13.1 Å². The van der Waals surface area contributed by atoms with Crippen LogP contribution >= 0.6 is 11.6 Å². The van der Waals surface area contributed by atoms with E-state index >= 15 is 0 Å². The average Bonchev–Trinajstić information content (AvgIpc) is 2.29. The molecule has 16 heavy (non-hydrogen) atoms. The van der Waals surface area contributed by atoms with E-state index < -0.39 is 0 Å². The summed E-state index contributed by atoms with van der Waals surface area (Å²) < 4.78 is 0. The molecule has 4 atom stereocenters. The Hall–Kier alpha value is -0.530. The van der Waals surface area contributed by atoms with E-state index in [1.807, 2.05) is 12.1 Å². The third-order valence-corrected chi connectivity index (χ3v) is 4.37. The van der Waals surface area contributed by atoms with Gasteiger partial charge in [0.1, 0.15) is 0 Å². The average molecular weight is 238 g/mol. The quantitative estimate of drug-likeness (QED) is 0.846. The maximum Gasteiger partial charge on any atom is 0.0406 e. The van der Waals surface area contributed by atoms with E-state index in [1.165, 1.54) is 12.0 Å². The molecular formula is C14H20ClN. The van der Waals surface area contributed by atoms with Gasteiger partial charge >= 0.3 is 0 Å². The summed E-state index contributed by atoms with van der Waals surface area (Å²) in [4.78, 5) is 0. The highest BCUT2D eigenvalue weighted by molar-refractivity contribution is 6.30. The topological polar surface area (TPSA) is 12.0 Å². The fourth-order valence-electron chi connectivity index (χ4n) is 3.30. The number of hydrogen-bond donors (Lipinski definition) is 1. The largest absolute Gasteiger partial charge is 0.316 e. The lowest BCUT2D eigenvalue weighted by atomic mass is 9.58. The fraction of sp³-hybridized carbons (Fsp3) is 0.571. The molecule has 1 nitrogen and oxygen atoms in total. The standard InChI is InChI=1S/C14H20ClN/c1-4-12-13(9(2)14(12)16-3)10-5-7-11(15)8-6-10/h5-9,12-14,16H,4H2,1-3H3. The van der Waals surface area contributed by atoms with Crippen LogP contribution in [0.1, 0.15) is 31.7 Å². The zero-order valence-electron chi connectivity index (χ0n) is 10.2. The van der Waals surface area contributed by atoms with E-state index in [-0.39, 0.29) is 0 Å². The number of rotatable bonds is 3. The Kier molecular flexibility index (Phi) is 3.56. The van der Waals surface area contributed by atoms with Crippen LogP contribution < -0.4 is 5.32 Å². The first-order valence-electron chi connectivity index (χ1n) is 6.11. The van der Waals surface area contributed by atoms with Crippen molar-refractivity contribution in [2.24, 2.45) is 11.8 Å². The summed E-state index contributed by atoms with van der Waals surface area (Å²) in [6.45, 7) is 4.62. The van der Waals surface area contributed by atoms with Crippen molar-refractivity contribution >= 4 is 11.6 Å². The summed E-state index contributed by atoms with van der Waals surface area (Å²) in [7, 11) is 2.07. The Morgan fingerprint density at radius 1 is 1.25 bits per heavy atom. The van der Waals surface area contributed by atoms with E-state index in [0.717, 1.165) is 16.9 Å². The van der Waals surface area contributed by atoms with E-state index in [2.05, 4.69) is 38.3 Å². The zero-order valence-corrected chi connectivity index (χ0v) is 11.0. The summed E-state index contributed by atoms with van der Waals surface area (Å²) in [5, 5.41) is 4.26. The molecular weight excluding hydrogens is 218 g/mol. The van der Waals surface area contributed by atoms with E-state index in [4.69, 9.17) is 11.6 Å². The summed E-state index contributed by atoms with van der Waals surface area (Å²) in [6.07, 6.45) is 1.24. The van der Waals surface area contributed by atoms with Gasteiger partial charge in [0.05, 0.1) is 0 Å². The molecule has 0 radical (unpaired) electrons. The van der Waals surface area contributed by atoms with E-state index in [1.54, 1.807) is 0 Å². The van der Waals surface area contributed by atoms with E-state index in [0.29, 0.717) is 12.0 Å². The van der Waals surface area contributed by atoms with Crippen molar-refractivity contribution in [1.82, 2.24) is 5.32 Å². The molecule has 1 aliphatic rings. The number of nitrogens with one attached hydrogen (secondary N) is 1. The molecule has 0 bridgehead atoms. The third kappa shape index (κ3) is 1.87. The lowest BCUT2D eigenvalue weighted by Gasteiger charge is -2.51. The number of hydrogen-bond acceptors (Lipinski definition) is 1. The van der Waals surface area contributed by atoms with Crippen LogP contribution in [0.4, 0.5) is 0 Å². The Bertz CT molecular complexity index is 346. The van der Waals surface area contributed by atoms with Crippen LogP contribution in [0.25, 0.3) is 0 Å². The first-order chi connectivity index (χ1) is 7.69. The smallest absolute Gasteiger partial charge is 0.0406 e. The SMILES string of the molecule is CCC1C(NC)C(C)C1c1ccc(Cl)cc1. The Morgan fingerprint density at radius 2 is 1.88 bits per heavy atom. The first-order valence-corrected chi connectivity index (χ1v) is 6.49. The van der Waals surface area contributed by atoms with Gasteiger partial charge in [-0.05, 0) is 42.5 Å². The monoisotopic (exact) mass is 237 g/mol. The fourth-order valence-corrected chi connectivity index (χ4v) is 3.43. The molecule has 0 saturated heterocycles. The van der Waals surface area contributed by atoms with Gasteiger partial charge in [0.25, 0.3) is 0 Å². The van der Waals surface area contributed by atoms with Gasteiger partial charge in [-0.3, -0.25) is 0 Å². The lowest BCUT2D eigenvalue weighted by molar-refractivity contribution is 0.0847. The summed E-state index contributed by atoms with van der Waals surface area (Å²) in [5.41, 5.74) is 1.44. The van der Waals surface area contributed by atoms with Crippen molar-refractivity contribution in [3.8, 4) is 0 Å². The summed E-state index contributed by atoms with van der Waals surface area (Å²) in [6, 6.07) is 9.04. The van der Waals surface area contributed by atoms with Gasteiger partial charge in [-0.2, -0.15) is 0 Å². The molecule has 0 spiro atoms. The third-order valence-electron chi connectivity index (χ3n) is 4.12. The van der Waals surface area contributed by atoms with Crippen LogP contribution in [0.3, 0.4) is 0 Å². The maximum atomic E-state index is 5.93. The van der Waals surface area contributed by atoms with Gasteiger partial charge in [-0.15, -0.1) is 0 Å². The predicted octanol–water partition coefficient (Wildman–Crippen LogP) is 3.69. The van der Waals surface area contributed by atoms with Crippen LogP contribution in [0.5, 0.6) is 0 Å². The van der Waals surface area contributed by atoms with E-state index in [9.17, 15) is 0 Å². The number of benzene rings is 1. The lowest BCUT2D eigenvalue weighted by Crippen LogP contribution is -2.54. The molecule has 1 saturated carbocycles. The molecule has 1 fully saturated rings. The zero-order chi connectivity index (χ0) is 11.7. The Balaban J connectivity index is 2.18. The maximum absolute atomic E-state index is 5.93. The van der Waals surface area contributed by atoms with Crippen LogP contribution in [0.2, 0.25) is 5.02 Å². The van der Waals surface area contributed by atoms with Gasteiger partial charge in [0.15, 0.2) is 0 Å². The predicted molar refractivity (Wildman–Crippen MR) is 70.0 cm³/mol. The van der Waals surface area contributed by atoms with Gasteiger partial charge in [0.2, 0.25) is 0 Å². The van der Waals surface area contributed by atoms with Crippen molar-refractivity contribution in [1.29, 1.82) is 0 Å². The van der Waals surface area contributed by atoms with Gasteiger partial charge in [-0.25, -0.2) is 0 Å². The molecule has 4 unspecified atom stereocenters. The second-order valence-electron chi connectivity index (χ2n) is 4.82. The molecule has 2 heteroatoms. The minimum absolute atomic E-state index is 0.672. The Morgan fingerprint density at radius 3 is 2.38 bits per heavy atom. The Labute approximate surface area is 103 Å². The van der Waals surface area contributed by atoms with Gasteiger partial charge in [0, 0.05) is 11.1 Å². The minimum Gasteiger partial charge on any atom is -0.316 e. The second kappa shape index (κ2) is 4.77. The molecule has 88 valence electrons.